The summed E-state index contributed by atoms with van der Waals surface area (Å²) in [5, 5.41) is 0. The molecule has 0 spiro atoms. The van der Waals surface area contributed by atoms with E-state index in [0.29, 0.717) is 25.2 Å². The third-order valence-electron chi connectivity index (χ3n) is 3.11. The maximum Gasteiger partial charge on any atom is 0.243 e. The molecule has 0 amide bonds. The van der Waals surface area contributed by atoms with Crippen molar-refractivity contribution in [3.05, 3.63) is 23.8 Å². The highest BCUT2D eigenvalue weighted by molar-refractivity contribution is 7.89. The fourth-order valence-electron chi connectivity index (χ4n) is 2.17. The van der Waals surface area contributed by atoms with Crippen molar-refractivity contribution in [2.45, 2.75) is 30.7 Å². The summed E-state index contributed by atoms with van der Waals surface area (Å²) in [6, 6.07) is 5.07. The molecule has 1 fully saturated rings. The molecular formula is C12H18N2O3S. The van der Waals surface area contributed by atoms with Crippen molar-refractivity contribution in [2.24, 2.45) is 0 Å². The van der Waals surface area contributed by atoms with Gasteiger partial charge in [-0.15, -0.1) is 0 Å². The number of rotatable bonds is 3. The Hall–Kier alpha value is -1.11. The van der Waals surface area contributed by atoms with Gasteiger partial charge >= 0.3 is 0 Å². The first-order chi connectivity index (χ1) is 8.34. The third-order valence-corrected chi connectivity index (χ3v) is 4.97. The van der Waals surface area contributed by atoms with Crippen LogP contribution in [0.5, 0.6) is 0 Å². The van der Waals surface area contributed by atoms with Crippen LogP contribution in [0, 0.1) is 6.92 Å². The van der Waals surface area contributed by atoms with Gasteiger partial charge in [-0.05, 0) is 31.9 Å². The molecule has 1 unspecified atom stereocenters. The molecule has 1 aromatic carbocycles. The van der Waals surface area contributed by atoms with E-state index in [0.717, 1.165) is 0 Å². The van der Waals surface area contributed by atoms with Gasteiger partial charge in [0.25, 0.3) is 0 Å². The van der Waals surface area contributed by atoms with Crippen LogP contribution in [0.3, 0.4) is 0 Å². The predicted molar refractivity (Wildman–Crippen MR) is 69.8 cm³/mol. The second-order valence-electron chi connectivity index (χ2n) is 4.96. The molecule has 0 saturated carbocycles. The summed E-state index contributed by atoms with van der Waals surface area (Å²) in [6.45, 7) is 4.53. The number of anilines is 1. The Balaban J connectivity index is 2.37. The zero-order valence-electron chi connectivity index (χ0n) is 10.6. The van der Waals surface area contributed by atoms with E-state index in [9.17, 15) is 8.42 Å². The van der Waals surface area contributed by atoms with E-state index in [1.165, 1.54) is 0 Å². The lowest BCUT2D eigenvalue weighted by atomic mass is 10.0. The number of sulfonamides is 1. The van der Waals surface area contributed by atoms with E-state index < -0.39 is 15.6 Å². The molecule has 0 aliphatic carbocycles. The largest absolute Gasteiger partial charge is 0.398 e. The molecule has 1 heterocycles. The van der Waals surface area contributed by atoms with Gasteiger partial charge in [0.15, 0.2) is 0 Å². The Bertz CT molecular complexity index is 528. The fourth-order valence-corrected chi connectivity index (χ4v) is 3.95. The van der Waals surface area contributed by atoms with Crippen molar-refractivity contribution in [2.75, 3.05) is 18.9 Å². The SMILES string of the molecule is Cc1cccc(N)c1S(=O)(=O)NC1(C)CCOC1. The predicted octanol–water partition coefficient (Wildman–Crippen LogP) is 1.03. The summed E-state index contributed by atoms with van der Waals surface area (Å²) >= 11 is 0. The topological polar surface area (TPSA) is 81.4 Å². The minimum absolute atomic E-state index is 0.165. The molecule has 3 N–H and O–H groups in total. The lowest BCUT2D eigenvalue weighted by Gasteiger charge is -2.24. The summed E-state index contributed by atoms with van der Waals surface area (Å²) in [4.78, 5) is 0.165. The quantitative estimate of drug-likeness (QED) is 0.804. The van der Waals surface area contributed by atoms with Crippen LogP contribution in [-0.2, 0) is 14.8 Å². The maximum atomic E-state index is 12.4. The molecule has 1 saturated heterocycles. The van der Waals surface area contributed by atoms with Crippen LogP contribution in [-0.4, -0.2) is 27.2 Å². The Morgan fingerprint density at radius 2 is 2.17 bits per heavy atom. The van der Waals surface area contributed by atoms with Crippen LogP contribution in [0.25, 0.3) is 0 Å². The third kappa shape index (κ3) is 2.50. The Kier molecular flexibility index (Phi) is 3.35. The molecule has 1 aliphatic heterocycles. The fraction of sp³-hybridized carbons (Fsp3) is 0.500. The molecule has 1 aliphatic rings. The van der Waals surface area contributed by atoms with E-state index in [1.54, 1.807) is 25.1 Å². The number of hydrogen-bond acceptors (Lipinski definition) is 4. The van der Waals surface area contributed by atoms with Gasteiger partial charge in [-0.2, -0.15) is 0 Å². The first kappa shape index (κ1) is 13.3. The van der Waals surface area contributed by atoms with Crippen molar-refractivity contribution >= 4 is 15.7 Å². The molecule has 18 heavy (non-hydrogen) atoms. The van der Waals surface area contributed by atoms with E-state index in [2.05, 4.69) is 4.72 Å². The lowest BCUT2D eigenvalue weighted by molar-refractivity contribution is 0.178. The van der Waals surface area contributed by atoms with Gasteiger partial charge in [-0.3, -0.25) is 0 Å². The van der Waals surface area contributed by atoms with E-state index in [1.807, 2.05) is 6.92 Å². The first-order valence-electron chi connectivity index (χ1n) is 5.81. The number of aryl methyl sites for hydroxylation is 1. The van der Waals surface area contributed by atoms with Crippen molar-refractivity contribution in [3.8, 4) is 0 Å². The molecule has 1 aromatic rings. The molecule has 5 nitrogen and oxygen atoms in total. The normalized spacial score (nSPS) is 24.3. The van der Waals surface area contributed by atoms with Crippen LogP contribution < -0.4 is 10.5 Å². The molecule has 6 heteroatoms. The second kappa shape index (κ2) is 4.53. The van der Waals surface area contributed by atoms with Crippen LogP contribution in [0.2, 0.25) is 0 Å². The zero-order chi connectivity index (χ0) is 13.4. The molecule has 0 radical (unpaired) electrons. The number of ether oxygens (including phenoxy) is 1. The summed E-state index contributed by atoms with van der Waals surface area (Å²) in [5.74, 6) is 0. The highest BCUT2D eigenvalue weighted by atomic mass is 32.2. The van der Waals surface area contributed by atoms with Crippen LogP contribution in [0.15, 0.2) is 23.1 Å². The monoisotopic (exact) mass is 270 g/mol. The smallest absolute Gasteiger partial charge is 0.243 e. The van der Waals surface area contributed by atoms with Crippen molar-refractivity contribution < 1.29 is 13.2 Å². The van der Waals surface area contributed by atoms with Crippen molar-refractivity contribution in [1.29, 1.82) is 0 Å². The Morgan fingerprint density at radius 1 is 1.44 bits per heavy atom. The summed E-state index contributed by atoms with van der Waals surface area (Å²) in [5.41, 5.74) is 6.14. The van der Waals surface area contributed by atoms with Gasteiger partial charge in [0.2, 0.25) is 10.0 Å². The average molecular weight is 270 g/mol. The molecule has 2 rings (SSSR count). The van der Waals surface area contributed by atoms with Gasteiger partial charge in [0, 0.05) is 6.61 Å². The van der Waals surface area contributed by atoms with Gasteiger partial charge < -0.3 is 10.5 Å². The van der Waals surface area contributed by atoms with Gasteiger partial charge in [-0.1, -0.05) is 12.1 Å². The molecule has 100 valence electrons. The lowest BCUT2D eigenvalue weighted by Crippen LogP contribution is -2.46. The van der Waals surface area contributed by atoms with Crippen molar-refractivity contribution in [3.63, 3.8) is 0 Å². The summed E-state index contributed by atoms with van der Waals surface area (Å²) in [6.07, 6.45) is 0.665. The molecule has 0 bridgehead atoms. The van der Waals surface area contributed by atoms with Gasteiger partial charge in [-0.25, -0.2) is 13.1 Å². The number of benzene rings is 1. The van der Waals surface area contributed by atoms with E-state index in [-0.39, 0.29) is 10.6 Å². The first-order valence-corrected chi connectivity index (χ1v) is 7.29. The average Bonchev–Trinajstić information content (AvgIpc) is 2.62. The van der Waals surface area contributed by atoms with Gasteiger partial charge in [0.05, 0.1) is 17.8 Å². The standard InChI is InChI=1S/C12H18N2O3S/c1-9-4-3-5-10(13)11(9)18(15,16)14-12(2)6-7-17-8-12/h3-5,14H,6-8,13H2,1-2H3. The molecule has 0 aromatic heterocycles. The minimum Gasteiger partial charge on any atom is -0.398 e. The number of nitrogens with one attached hydrogen (secondary N) is 1. The van der Waals surface area contributed by atoms with Crippen LogP contribution in [0.4, 0.5) is 5.69 Å². The highest BCUT2D eigenvalue weighted by Crippen LogP contribution is 2.26. The Morgan fingerprint density at radius 3 is 2.72 bits per heavy atom. The number of nitrogen functional groups attached to an aromatic ring is 1. The van der Waals surface area contributed by atoms with Crippen molar-refractivity contribution in [1.82, 2.24) is 4.72 Å². The summed E-state index contributed by atoms with van der Waals surface area (Å²) in [7, 11) is -3.62. The van der Waals surface area contributed by atoms with Crippen LogP contribution in [0.1, 0.15) is 18.9 Å². The Labute approximate surface area is 107 Å². The second-order valence-corrected chi connectivity index (χ2v) is 6.58. The minimum atomic E-state index is -3.62. The maximum absolute atomic E-state index is 12.4. The van der Waals surface area contributed by atoms with E-state index in [4.69, 9.17) is 10.5 Å². The zero-order valence-corrected chi connectivity index (χ0v) is 11.4. The molecule has 1 atom stereocenters. The van der Waals surface area contributed by atoms with Gasteiger partial charge in [0.1, 0.15) is 4.90 Å². The number of nitrogens with two attached hydrogens (primary N) is 1. The van der Waals surface area contributed by atoms with E-state index >= 15 is 0 Å². The number of hydrogen-bond donors (Lipinski definition) is 2. The van der Waals surface area contributed by atoms with Crippen LogP contribution >= 0.6 is 0 Å². The highest BCUT2D eigenvalue weighted by Gasteiger charge is 2.35. The molecular weight excluding hydrogens is 252 g/mol. The summed E-state index contributed by atoms with van der Waals surface area (Å²) < 4.78 is 32.7.